The van der Waals surface area contributed by atoms with Crippen LogP contribution in [0.4, 0.5) is 10.1 Å². The Kier molecular flexibility index (Phi) is 10.1. The van der Waals surface area contributed by atoms with E-state index in [0.29, 0.717) is 24.9 Å². The summed E-state index contributed by atoms with van der Waals surface area (Å²) in [6, 6.07) is 9.13. The van der Waals surface area contributed by atoms with E-state index in [0.717, 1.165) is 10.6 Å². The highest BCUT2D eigenvalue weighted by molar-refractivity contribution is 7.92. The molecule has 7 nitrogen and oxygen atoms in total. The van der Waals surface area contributed by atoms with Gasteiger partial charge in [-0.1, -0.05) is 55.2 Å². The number of carbonyl (C=O) groups is 2. The largest absolute Gasteiger partial charge is 0.354 e. The Hall–Kier alpha value is -2.36. The predicted octanol–water partition coefficient (Wildman–Crippen LogP) is 4.23. The molecule has 0 unspecified atom stereocenters. The minimum Gasteiger partial charge on any atom is -0.354 e. The monoisotopic (exact) mass is 531 g/mol. The van der Waals surface area contributed by atoms with Crippen LogP contribution in [0.1, 0.15) is 32.3 Å². The summed E-state index contributed by atoms with van der Waals surface area (Å²) in [6.45, 7) is 3.47. The number of sulfonamides is 1. The fourth-order valence-corrected chi connectivity index (χ4v) is 4.65. The number of anilines is 1. The number of carbonyl (C=O) groups excluding carboxylic acids is 2. The van der Waals surface area contributed by atoms with Crippen molar-refractivity contribution >= 4 is 50.7 Å². The number of hydrogen-bond acceptors (Lipinski definition) is 4. The molecule has 1 atom stereocenters. The molecular weight excluding hydrogens is 504 g/mol. The molecule has 0 aliphatic rings. The molecule has 2 rings (SSSR count). The second kappa shape index (κ2) is 12.4. The van der Waals surface area contributed by atoms with Crippen molar-refractivity contribution in [2.24, 2.45) is 0 Å². The molecule has 0 heterocycles. The Bertz CT molecular complexity index is 1110. The summed E-state index contributed by atoms with van der Waals surface area (Å²) in [4.78, 5) is 27.6. The van der Waals surface area contributed by atoms with Crippen LogP contribution in [0, 0.1) is 5.82 Å². The summed E-state index contributed by atoms with van der Waals surface area (Å²) in [5, 5.41) is 2.90. The maximum absolute atomic E-state index is 13.5. The van der Waals surface area contributed by atoms with Crippen LogP contribution < -0.4 is 9.62 Å². The van der Waals surface area contributed by atoms with E-state index < -0.39 is 34.3 Å². The van der Waals surface area contributed by atoms with Crippen LogP contribution >= 0.6 is 23.2 Å². The molecule has 0 saturated carbocycles. The van der Waals surface area contributed by atoms with E-state index in [-0.39, 0.29) is 28.2 Å². The maximum Gasteiger partial charge on any atom is 0.244 e. The molecule has 2 amide bonds. The second-order valence-electron chi connectivity index (χ2n) is 7.71. The number of amides is 2. The van der Waals surface area contributed by atoms with Crippen molar-refractivity contribution in [3.05, 3.63) is 63.9 Å². The number of halogens is 3. The first-order valence-electron chi connectivity index (χ1n) is 10.7. The van der Waals surface area contributed by atoms with Gasteiger partial charge in [0.2, 0.25) is 21.8 Å². The van der Waals surface area contributed by atoms with Gasteiger partial charge in [0.05, 0.1) is 22.0 Å². The molecular formula is C23H28Cl2FN3O4S. The van der Waals surface area contributed by atoms with Crippen molar-refractivity contribution in [3.63, 3.8) is 0 Å². The second-order valence-corrected chi connectivity index (χ2v) is 10.4. The number of nitrogens with one attached hydrogen (secondary N) is 1. The molecule has 0 spiro atoms. The fourth-order valence-electron chi connectivity index (χ4n) is 3.35. The Labute approximate surface area is 209 Å². The SMILES string of the molecule is CCCNC(=O)[C@H](CC)N(Cc1ccc(F)cc1)C(=O)CN(c1cccc(Cl)c1Cl)S(C)(=O)=O. The average Bonchev–Trinajstić information content (AvgIpc) is 2.78. The van der Waals surface area contributed by atoms with E-state index in [9.17, 15) is 22.4 Å². The molecule has 0 radical (unpaired) electrons. The van der Waals surface area contributed by atoms with E-state index in [1.807, 2.05) is 6.92 Å². The Morgan fingerprint density at radius 1 is 1.09 bits per heavy atom. The van der Waals surface area contributed by atoms with Gasteiger partial charge in [0.1, 0.15) is 18.4 Å². The van der Waals surface area contributed by atoms with E-state index in [1.165, 1.54) is 47.4 Å². The van der Waals surface area contributed by atoms with Gasteiger partial charge in [0.15, 0.2) is 0 Å². The summed E-state index contributed by atoms with van der Waals surface area (Å²) in [6.07, 6.45) is 1.95. The van der Waals surface area contributed by atoms with Crippen LogP contribution in [-0.4, -0.2) is 50.5 Å². The zero-order valence-corrected chi connectivity index (χ0v) is 21.6. The molecule has 0 aliphatic heterocycles. The minimum absolute atomic E-state index is 0.0137. The van der Waals surface area contributed by atoms with Gasteiger partial charge in [0.25, 0.3) is 0 Å². The van der Waals surface area contributed by atoms with E-state index in [4.69, 9.17) is 23.2 Å². The van der Waals surface area contributed by atoms with Crippen molar-refractivity contribution in [1.29, 1.82) is 0 Å². The Balaban J connectivity index is 2.46. The Morgan fingerprint density at radius 3 is 2.29 bits per heavy atom. The highest BCUT2D eigenvalue weighted by Crippen LogP contribution is 2.33. The number of hydrogen-bond donors (Lipinski definition) is 1. The summed E-state index contributed by atoms with van der Waals surface area (Å²) < 4.78 is 39.4. The smallest absolute Gasteiger partial charge is 0.244 e. The van der Waals surface area contributed by atoms with E-state index in [1.54, 1.807) is 6.92 Å². The first-order valence-corrected chi connectivity index (χ1v) is 13.3. The Morgan fingerprint density at radius 2 is 1.74 bits per heavy atom. The summed E-state index contributed by atoms with van der Waals surface area (Å²) in [5.41, 5.74) is 0.637. The number of nitrogens with zero attached hydrogens (tertiary/aromatic N) is 2. The van der Waals surface area contributed by atoms with Crippen molar-refractivity contribution in [1.82, 2.24) is 10.2 Å². The predicted molar refractivity (Wildman–Crippen MR) is 133 cm³/mol. The first kappa shape index (κ1) is 27.9. The third-order valence-electron chi connectivity index (χ3n) is 5.08. The lowest BCUT2D eigenvalue weighted by Gasteiger charge is -2.33. The van der Waals surface area contributed by atoms with Crippen LogP contribution in [0.5, 0.6) is 0 Å². The lowest BCUT2D eigenvalue weighted by atomic mass is 10.1. The molecule has 0 aromatic heterocycles. The standard InChI is InChI=1S/C23H28Cl2FN3O4S/c1-4-13-27-23(31)19(5-2)28(14-16-9-11-17(26)12-10-16)21(30)15-29(34(3,32)33)20-8-6-7-18(24)22(20)25/h6-12,19H,4-5,13-15H2,1-3H3,(H,27,31)/t19-/m0/s1. The van der Waals surface area contributed by atoms with E-state index in [2.05, 4.69) is 5.32 Å². The van der Waals surface area contributed by atoms with Gasteiger partial charge in [-0.25, -0.2) is 12.8 Å². The third kappa shape index (κ3) is 7.32. The van der Waals surface area contributed by atoms with Crippen molar-refractivity contribution in [2.45, 2.75) is 39.3 Å². The molecule has 0 fully saturated rings. The quantitative estimate of drug-likeness (QED) is 0.469. The zero-order chi connectivity index (χ0) is 25.5. The normalized spacial score (nSPS) is 12.2. The summed E-state index contributed by atoms with van der Waals surface area (Å²) in [7, 11) is -3.94. The molecule has 186 valence electrons. The number of rotatable bonds is 11. The van der Waals surface area contributed by atoms with E-state index >= 15 is 0 Å². The molecule has 0 bridgehead atoms. The van der Waals surface area contributed by atoms with Gasteiger partial charge in [-0.15, -0.1) is 0 Å². The van der Waals surface area contributed by atoms with Crippen LogP contribution in [-0.2, 0) is 26.2 Å². The van der Waals surface area contributed by atoms with Crippen LogP contribution in [0.15, 0.2) is 42.5 Å². The van der Waals surface area contributed by atoms with Crippen LogP contribution in [0.25, 0.3) is 0 Å². The molecule has 1 N–H and O–H groups in total. The summed E-state index contributed by atoms with van der Waals surface area (Å²) >= 11 is 12.3. The molecule has 11 heteroatoms. The fraction of sp³-hybridized carbons (Fsp3) is 0.391. The minimum atomic E-state index is -3.94. The van der Waals surface area contributed by atoms with Crippen LogP contribution in [0.3, 0.4) is 0 Å². The van der Waals surface area contributed by atoms with Gasteiger partial charge in [0, 0.05) is 13.1 Å². The highest BCUT2D eigenvalue weighted by atomic mass is 35.5. The molecule has 34 heavy (non-hydrogen) atoms. The first-order chi connectivity index (χ1) is 16.0. The van der Waals surface area contributed by atoms with Crippen molar-refractivity contribution in [2.75, 3.05) is 23.7 Å². The maximum atomic E-state index is 13.5. The van der Waals surface area contributed by atoms with Crippen molar-refractivity contribution in [3.8, 4) is 0 Å². The molecule has 2 aromatic carbocycles. The van der Waals surface area contributed by atoms with Gasteiger partial charge >= 0.3 is 0 Å². The topological polar surface area (TPSA) is 86.8 Å². The third-order valence-corrected chi connectivity index (χ3v) is 7.02. The van der Waals surface area contributed by atoms with Crippen LogP contribution in [0.2, 0.25) is 10.0 Å². The molecule has 0 saturated heterocycles. The molecule has 0 aliphatic carbocycles. The lowest BCUT2D eigenvalue weighted by Crippen LogP contribution is -2.52. The van der Waals surface area contributed by atoms with Gasteiger partial charge < -0.3 is 10.2 Å². The summed E-state index contributed by atoms with van der Waals surface area (Å²) in [5.74, 6) is -1.41. The van der Waals surface area contributed by atoms with Gasteiger partial charge in [-0.05, 0) is 42.7 Å². The number of benzene rings is 2. The highest BCUT2D eigenvalue weighted by Gasteiger charge is 2.32. The molecule has 2 aromatic rings. The van der Waals surface area contributed by atoms with Crippen molar-refractivity contribution < 1.29 is 22.4 Å². The lowest BCUT2D eigenvalue weighted by molar-refractivity contribution is -0.140. The zero-order valence-electron chi connectivity index (χ0n) is 19.2. The van der Waals surface area contributed by atoms with Gasteiger partial charge in [-0.3, -0.25) is 13.9 Å². The van der Waals surface area contributed by atoms with Gasteiger partial charge in [-0.2, -0.15) is 0 Å². The average molecular weight is 532 g/mol.